The number of hydrogen-bond acceptors (Lipinski definition) is 2. The number of carbonyl (C=O) groups excluding carboxylic acids is 1. The van der Waals surface area contributed by atoms with Gasteiger partial charge in [0.15, 0.2) is 0 Å². The molecule has 0 bridgehead atoms. The van der Waals surface area contributed by atoms with Crippen molar-refractivity contribution in [1.82, 2.24) is 4.98 Å². The van der Waals surface area contributed by atoms with Gasteiger partial charge in [-0.05, 0) is 41.9 Å². The Balaban J connectivity index is 0.000000292. The average molecular weight is 216 g/mol. The lowest BCUT2D eigenvalue weighted by atomic mass is 10.4. The molecule has 0 saturated heterocycles. The number of hydrogen-bond donors (Lipinski definition) is 0. The van der Waals surface area contributed by atoms with Gasteiger partial charge < -0.3 is 4.79 Å². The second-order valence-electron chi connectivity index (χ2n) is 1.84. The Hall–Kier alpha value is -0.700. The molecular weight excluding hydrogens is 206 g/mol. The number of nitrogens with zero attached hydrogens (tertiary/aromatic N) is 1. The fraction of sp³-hybridized carbons (Fsp3) is 0.250. The zero-order valence-corrected chi connectivity index (χ0v) is 8.13. The van der Waals surface area contributed by atoms with Crippen LogP contribution in [0.15, 0.2) is 22.8 Å². The van der Waals surface area contributed by atoms with Gasteiger partial charge in [0.1, 0.15) is 10.9 Å². The molecule has 1 aromatic rings. The predicted octanol–water partition coefficient (Wildman–Crippen LogP) is 2.36. The molecular formula is C8H10BrNO. The van der Waals surface area contributed by atoms with Crippen LogP contribution in [-0.2, 0) is 4.79 Å². The van der Waals surface area contributed by atoms with Gasteiger partial charge in [-0.1, -0.05) is 6.07 Å². The molecule has 0 aliphatic carbocycles. The van der Waals surface area contributed by atoms with E-state index in [1.807, 2.05) is 25.1 Å². The smallest absolute Gasteiger partial charge is 0.116 e. The van der Waals surface area contributed by atoms with Crippen LogP contribution >= 0.6 is 15.9 Å². The largest absolute Gasteiger partial charge is 0.304 e. The summed E-state index contributed by atoms with van der Waals surface area (Å²) in [6.07, 6.45) is 0.750. The molecule has 0 saturated carbocycles. The summed E-state index contributed by atoms with van der Waals surface area (Å²) in [7, 11) is 0. The topological polar surface area (TPSA) is 30.0 Å². The van der Waals surface area contributed by atoms with Crippen molar-refractivity contribution in [1.29, 1.82) is 0 Å². The molecule has 1 heterocycles. The Morgan fingerprint density at radius 3 is 2.36 bits per heavy atom. The zero-order chi connectivity index (χ0) is 8.69. The molecule has 3 heteroatoms. The molecule has 11 heavy (non-hydrogen) atoms. The molecule has 0 radical (unpaired) electrons. The van der Waals surface area contributed by atoms with Crippen LogP contribution in [0.3, 0.4) is 0 Å². The van der Waals surface area contributed by atoms with Crippen molar-refractivity contribution in [3.8, 4) is 0 Å². The molecule has 0 amide bonds. The monoisotopic (exact) mass is 215 g/mol. The van der Waals surface area contributed by atoms with E-state index in [2.05, 4.69) is 20.9 Å². The first-order valence-corrected chi connectivity index (χ1v) is 3.99. The molecule has 0 atom stereocenters. The SMILES string of the molecule is CC=O.Cc1cccc(Br)n1. The minimum absolute atomic E-state index is 0.750. The van der Waals surface area contributed by atoms with Gasteiger partial charge in [0.25, 0.3) is 0 Å². The number of aldehydes is 1. The summed E-state index contributed by atoms with van der Waals surface area (Å²) < 4.78 is 0.900. The summed E-state index contributed by atoms with van der Waals surface area (Å²) in [4.78, 5) is 12.9. The van der Waals surface area contributed by atoms with Crippen molar-refractivity contribution in [3.63, 3.8) is 0 Å². The highest BCUT2D eigenvalue weighted by Gasteiger charge is 1.83. The number of aromatic nitrogens is 1. The van der Waals surface area contributed by atoms with Gasteiger partial charge >= 0.3 is 0 Å². The molecule has 1 rings (SSSR count). The van der Waals surface area contributed by atoms with Crippen LogP contribution in [0, 0.1) is 6.92 Å². The first-order valence-electron chi connectivity index (χ1n) is 3.19. The van der Waals surface area contributed by atoms with Crippen molar-refractivity contribution >= 4 is 22.2 Å². The number of pyridine rings is 1. The highest BCUT2D eigenvalue weighted by Crippen LogP contribution is 2.04. The van der Waals surface area contributed by atoms with Crippen molar-refractivity contribution in [2.75, 3.05) is 0 Å². The predicted molar refractivity (Wildman–Crippen MR) is 48.4 cm³/mol. The second-order valence-corrected chi connectivity index (χ2v) is 2.65. The number of halogens is 1. The molecule has 1 aromatic heterocycles. The van der Waals surface area contributed by atoms with Crippen LogP contribution in [0.1, 0.15) is 12.6 Å². The van der Waals surface area contributed by atoms with Gasteiger partial charge in [-0.3, -0.25) is 0 Å². The van der Waals surface area contributed by atoms with Crippen LogP contribution in [0.4, 0.5) is 0 Å². The van der Waals surface area contributed by atoms with E-state index in [1.165, 1.54) is 6.92 Å². The fourth-order valence-corrected chi connectivity index (χ4v) is 0.942. The number of rotatable bonds is 0. The maximum Gasteiger partial charge on any atom is 0.116 e. The first kappa shape index (κ1) is 10.3. The summed E-state index contributed by atoms with van der Waals surface area (Å²) in [6, 6.07) is 5.84. The van der Waals surface area contributed by atoms with Crippen LogP contribution in [-0.4, -0.2) is 11.3 Å². The Labute approximate surface area is 74.8 Å². The number of carbonyl (C=O) groups is 1. The van der Waals surface area contributed by atoms with Gasteiger partial charge in [-0.25, -0.2) is 4.98 Å². The van der Waals surface area contributed by atoms with Crippen LogP contribution in [0.2, 0.25) is 0 Å². The molecule has 60 valence electrons. The molecule has 0 aliphatic heterocycles. The third kappa shape index (κ3) is 5.73. The van der Waals surface area contributed by atoms with Gasteiger partial charge in [0.05, 0.1) is 0 Å². The fourth-order valence-electron chi connectivity index (χ4n) is 0.510. The van der Waals surface area contributed by atoms with Crippen molar-refractivity contribution in [2.45, 2.75) is 13.8 Å². The van der Waals surface area contributed by atoms with Gasteiger partial charge in [0, 0.05) is 5.69 Å². The molecule has 0 spiro atoms. The zero-order valence-electron chi connectivity index (χ0n) is 6.54. The third-order valence-electron chi connectivity index (χ3n) is 0.854. The molecule has 0 aromatic carbocycles. The Kier molecular flexibility index (Phi) is 5.65. The van der Waals surface area contributed by atoms with Crippen molar-refractivity contribution in [2.24, 2.45) is 0 Å². The first-order chi connectivity index (χ1) is 5.20. The summed E-state index contributed by atoms with van der Waals surface area (Å²) >= 11 is 3.25. The Bertz CT molecular complexity index is 208. The molecule has 0 unspecified atom stereocenters. The van der Waals surface area contributed by atoms with Gasteiger partial charge in [-0.2, -0.15) is 0 Å². The lowest BCUT2D eigenvalue weighted by Gasteiger charge is -1.88. The van der Waals surface area contributed by atoms with E-state index in [-0.39, 0.29) is 0 Å². The average Bonchev–Trinajstić information content (AvgIpc) is 1.88. The summed E-state index contributed by atoms with van der Waals surface area (Å²) in [5.74, 6) is 0. The van der Waals surface area contributed by atoms with E-state index in [0.29, 0.717) is 0 Å². The minimum atomic E-state index is 0.750. The molecule has 2 nitrogen and oxygen atoms in total. The highest BCUT2D eigenvalue weighted by molar-refractivity contribution is 9.10. The standard InChI is InChI=1S/C6H6BrN.C2H4O/c1-5-3-2-4-6(7)8-5;1-2-3/h2-4H,1H3;2H,1H3. The maximum absolute atomic E-state index is 8.81. The highest BCUT2D eigenvalue weighted by atomic mass is 79.9. The molecule has 0 N–H and O–H groups in total. The minimum Gasteiger partial charge on any atom is -0.304 e. The third-order valence-corrected chi connectivity index (χ3v) is 1.30. The van der Waals surface area contributed by atoms with E-state index < -0.39 is 0 Å². The quantitative estimate of drug-likeness (QED) is 0.492. The van der Waals surface area contributed by atoms with Crippen molar-refractivity contribution in [3.05, 3.63) is 28.5 Å². The molecule has 0 aliphatic rings. The lowest BCUT2D eigenvalue weighted by molar-refractivity contribution is -0.106. The Morgan fingerprint density at radius 1 is 1.55 bits per heavy atom. The van der Waals surface area contributed by atoms with E-state index in [1.54, 1.807) is 0 Å². The van der Waals surface area contributed by atoms with Crippen molar-refractivity contribution < 1.29 is 4.79 Å². The normalized spacial score (nSPS) is 7.91. The van der Waals surface area contributed by atoms with Crippen LogP contribution in [0.25, 0.3) is 0 Å². The summed E-state index contributed by atoms with van der Waals surface area (Å²) in [6.45, 7) is 3.41. The van der Waals surface area contributed by atoms with E-state index in [4.69, 9.17) is 4.79 Å². The van der Waals surface area contributed by atoms with Gasteiger partial charge in [0.2, 0.25) is 0 Å². The second kappa shape index (κ2) is 6.04. The maximum atomic E-state index is 8.81. The lowest BCUT2D eigenvalue weighted by Crippen LogP contribution is -1.77. The van der Waals surface area contributed by atoms with E-state index in [9.17, 15) is 0 Å². The Morgan fingerprint density at radius 2 is 2.09 bits per heavy atom. The van der Waals surface area contributed by atoms with Crippen LogP contribution < -0.4 is 0 Å². The van der Waals surface area contributed by atoms with Gasteiger partial charge in [-0.15, -0.1) is 0 Å². The van der Waals surface area contributed by atoms with Crippen LogP contribution in [0.5, 0.6) is 0 Å². The van der Waals surface area contributed by atoms with E-state index >= 15 is 0 Å². The van der Waals surface area contributed by atoms with E-state index in [0.717, 1.165) is 16.6 Å². The molecule has 0 fully saturated rings. The summed E-state index contributed by atoms with van der Waals surface area (Å²) in [5, 5.41) is 0. The number of aryl methyl sites for hydroxylation is 1. The summed E-state index contributed by atoms with van der Waals surface area (Å²) in [5.41, 5.74) is 1.04.